The number of carbonyl (C=O) groups excluding carboxylic acids is 1. The third-order valence-electron chi connectivity index (χ3n) is 4.99. The van der Waals surface area contributed by atoms with Crippen molar-refractivity contribution in [2.75, 3.05) is 19.6 Å². The Bertz CT molecular complexity index is 932. The zero-order valence-corrected chi connectivity index (χ0v) is 15.1. The molecule has 0 spiro atoms. The van der Waals surface area contributed by atoms with Crippen LogP contribution < -0.4 is 0 Å². The molecule has 132 valence electrons. The lowest BCUT2D eigenvalue weighted by Crippen LogP contribution is -2.49. The van der Waals surface area contributed by atoms with Gasteiger partial charge in [0.05, 0.1) is 12.1 Å². The van der Waals surface area contributed by atoms with E-state index in [4.69, 9.17) is 0 Å². The Morgan fingerprint density at radius 1 is 1.00 bits per heavy atom. The second kappa shape index (κ2) is 7.26. The maximum absolute atomic E-state index is 12.6. The van der Waals surface area contributed by atoms with Crippen molar-refractivity contribution in [3.63, 3.8) is 0 Å². The summed E-state index contributed by atoms with van der Waals surface area (Å²) in [4.78, 5) is 21.2. The highest BCUT2D eigenvalue weighted by Gasteiger charge is 2.24. The molecule has 0 atom stereocenters. The Labute approximate surface area is 154 Å². The van der Waals surface area contributed by atoms with E-state index in [2.05, 4.69) is 53.2 Å². The number of rotatable bonds is 4. The summed E-state index contributed by atoms with van der Waals surface area (Å²) >= 11 is 0. The highest BCUT2D eigenvalue weighted by atomic mass is 16.2. The molecule has 1 saturated heterocycles. The number of fused-ring (bicyclic) bond motifs is 1. The first kappa shape index (κ1) is 16.7. The average Bonchev–Trinajstić information content (AvgIpc) is 2.64. The van der Waals surface area contributed by atoms with Gasteiger partial charge in [-0.1, -0.05) is 48.0 Å². The number of aromatic nitrogens is 1. The third kappa shape index (κ3) is 3.60. The molecule has 1 fully saturated rings. The van der Waals surface area contributed by atoms with Crippen LogP contribution in [0.5, 0.6) is 0 Å². The summed E-state index contributed by atoms with van der Waals surface area (Å²) in [6, 6.07) is 18.6. The van der Waals surface area contributed by atoms with E-state index < -0.39 is 0 Å². The normalized spacial score (nSPS) is 15.6. The number of para-hydroxylation sites is 1. The van der Waals surface area contributed by atoms with Crippen molar-refractivity contribution in [1.29, 1.82) is 0 Å². The van der Waals surface area contributed by atoms with Gasteiger partial charge in [-0.3, -0.25) is 14.7 Å². The zero-order valence-electron chi connectivity index (χ0n) is 15.1. The summed E-state index contributed by atoms with van der Waals surface area (Å²) in [7, 11) is 0. The lowest BCUT2D eigenvalue weighted by atomic mass is 10.1. The first-order valence-electron chi connectivity index (χ1n) is 9.07. The minimum atomic E-state index is 0.205. The van der Waals surface area contributed by atoms with Crippen LogP contribution in [0, 0.1) is 6.92 Å². The van der Waals surface area contributed by atoms with Gasteiger partial charge in [0.1, 0.15) is 0 Å². The monoisotopic (exact) mass is 345 g/mol. The van der Waals surface area contributed by atoms with Crippen LogP contribution in [0.25, 0.3) is 10.9 Å². The minimum Gasteiger partial charge on any atom is -0.336 e. The molecule has 2 aromatic carbocycles. The molecule has 4 nitrogen and oxygen atoms in total. The number of piperazine rings is 1. The van der Waals surface area contributed by atoms with Crippen molar-refractivity contribution < 1.29 is 4.79 Å². The number of carbonyl (C=O) groups is 1. The highest BCUT2D eigenvalue weighted by Crippen LogP contribution is 2.19. The van der Waals surface area contributed by atoms with E-state index in [1.807, 2.05) is 29.3 Å². The summed E-state index contributed by atoms with van der Waals surface area (Å²) in [6.07, 6.45) is 1.85. The number of amides is 1. The van der Waals surface area contributed by atoms with Crippen molar-refractivity contribution in [2.45, 2.75) is 20.0 Å². The standard InChI is InChI=1S/C22H23N3O/c1-17-5-4-6-18(13-17)14-25-12-11-24(16-22(25)26)15-19-9-10-23-21-8-3-2-7-20(19)21/h2-10,13H,11-12,14-16H2,1H3. The van der Waals surface area contributed by atoms with Crippen molar-refractivity contribution in [3.8, 4) is 0 Å². The van der Waals surface area contributed by atoms with Crippen molar-refractivity contribution >= 4 is 16.8 Å². The average molecular weight is 345 g/mol. The van der Waals surface area contributed by atoms with Crippen molar-refractivity contribution in [2.24, 2.45) is 0 Å². The van der Waals surface area contributed by atoms with Crippen LogP contribution in [0.15, 0.2) is 60.8 Å². The highest BCUT2D eigenvalue weighted by molar-refractivity contribution is 5.82. The number of aryl methyl sites for hydroxylation is 1. The van der Waals surface area contributed by atoms with E-state index in [0.717, 1.165) is 25.2 Å². The van der Waals surface area contributed by atoms with Gasteiger partial charge in [-0.25, -0.2) is 0 Å². The molecule has 26 heavy (non-hydrogen) atoms. The molecule has 0 saturated carbocycles. The summed E-state index contributed by atoms with van der Waals surface area (Å²) in [5.74, 6) is 0.205. The predicted octanol–water partition coefficient (Wildman–Crippen LogP) is 3.39. The molecule has 3 aromatic rings. The van der Waals surface area contributed by atoms with Crippen molar-refractivity contribution in [3.05, 3.63) is 77.5 Å². The number of benzene rings is 2. The minimum absolute atomic E-state index is 0.205. The van der Waals surface area contributed by atoms with Gasteiger partial charge >= 0.3 is 0 Å². The predicted molar refractivity (Wildman–Crippen MR) is 104 cm³/mol. The Hall–Kier alpha value is -2.72. The van der Waals surface area contributed by atoms with Gasteiger partial charge < -0.3 is 4.90 Å². The molecule has 1 aromatic heterocycles. The van der Waals surface area contributed by atoms with Crippen LogP contribution in [0.2, 0.25) is 0 Å². The van der Waals surface area contributed by atoms with Gasteiger partial charge in [0, 0.05) is 37.8 Å². The molecule has 0 N–H and O–H groups in total. The Morgan fingerprint density at radius 2 is 1.88 bits per heavy atom. The van der Waals surface area contributed by atoms with Gasteiger partial charge in [0.15, 0.2) is 0 Å². The first-order valence-corrected chi connectivity index (χ1v) is 9.07. The van der Waals surface area contributed by atoms with Gasteiger partial charge in [-0.05, 0) is 30.2 Å². The molecule has 1 amide bonds. The Kier molecular flexibility index (Phi) is 4.67. The molecule has 4 rings (SSSR count). The van der Waals surface area contributed by atoms with E-state index in [1.54, 1.807) is 0 Å². The van der Waals surface area contributed by atoms with Crippen LogP contribution in [0.4, 0.5) is 0 Å². The Morgan fingerprint density at radius 3 is 2.73 bits per heavy atom. The summed E-state index contributed by atoms with van der Waals surface area (Å²) < 4.78 is 0. The SMILES string of the molecule is Cc1cccc(CN2CCN(Cc3ccnc4ccccc34)CC2=O)c1. The fraction of sp³-hybridized carbons (Fsp3) is 0.273. The molecule has 0 aliphatic carbocycles. The van der Waals surface area contributed by atoms with Gasteiger partial charge in [-0.15, -0.1) is 0 Å². The van der Waals surface area contributed by atoms with Crippen LogP contribution in [0.1, 0.15) is 16.7 Å². The maximum atomic E-state index is 12.6. The topological polar surface area (TPSA) is 36.4 Å². The summed E-state index contributed by atoms with van der Waals surface area (Å²) in [5.41, 5.74) is 4.68. The zero-order chi connectivity index (χ0) is 17.9. The molecule has 0 unspecified atom stereocenters. The quantitative estimate of drug-likeness (QED) is 0.727. The van der Waals surface area contributed by atoms with Crippen molar-refractivity contribution in [1.82, 2.24) is 14.8 Å². The van der Waals surface area contributed by atoms with Crippen LogP contribution in [-0.2, 0) is 17.9 Å². The fourth-order valence-electron chi connectivity index (χ4n) is 3.62. The fourth-order valence-corrected chi connectivity index (χ4v) is 3.62. The number of hydrogen-bond donors (Lipinski definition) is 0. The first-order chi connectivity index (χ1) is 12.7. The van der Waals surface area contributed by atoms with E-state index in [-0.39, 0.29) is 5.91 Å². The van der Waals surface area contributed by atoms with E-state index in [0.29, 0.717) is 13.1 Å². The van der Waals surface area contributed by atoms with Gasteiger partial charge in [0.25, 0.3) is 0 Å². The summed E-state index contributed by atoms with van der Waals surface area (Å²) in [6.45, 7) is 5.72. The molecule has 1 aliphatic heterocycles. The lowest BCUT2D eigenvalue weighted by Gasteiger charge is -2.34. The molecule has 1 aliphatic rings. The second-order valence-corrected chi connectivity index (χ2v) is 7.00. The largest absolute Gasteiger partial charge is 0.336 e. The number of nitrogens with zero attached hydrogens (tertiary/aromatic N) is 3. The maximum Gasteiger partial charge on any atom is 0.237 e. The molecule has 0 radical (unpaired) electrons. The van der Waals surface area contributed by atoms with Crippen LogP contribution in [-0.4, -0.2) is 40.3 Å². The van der Waals surface area contributed by atoms with Crippen LogP contribution in [0.3, 0.4) is 0 Å². The van der Waals surface area contributed by atoms with E-state index in [1.165, 1.54) is 22.1 Å². The molecular formula is C22H23N3O. The van der Waals surface area contributed by atoms with E-state index >= 15 is 0 Å². The molecule has 4 heteroatoms. The smallest absolute Gasteiger partial charge is 0.237 e. The number of pyridine rings is 1. The molecular weight excluding hydrogens is 322 g/mol. The van der Waals surface area contributed by atoms with Gasteiger partial charge in [0.2, 0.25) is 5.91 Å². The number of hydrogen-bond acceptors (Lipinski definition) is 3. The molecule has 0 bridgehead atoms. The summed E-state index contributed by atoms with van der Waals surface area (Å²) in [5, 5.41) is 1.17. The van der Waals surface area contributed by atoms with Gasteiger partial charge in [-0.2, -0.15) is 0 Å². The lowest BCUT2D eigenvalue weighted by molar-refractivity contribution is -0.136. The van der Waals surface area contributed by atoms with Crippen LogP contribution >= 0.6 is 0 Å². The molecule has 2 heterocycles. The Balaban J connectivity index is 1.43. The van der Waals surface area contributed by atoms with E-state index in [9.17, 15) is 4.79 Å². The second-order valence-electron chi connectivity index (χ2n) is 7.00. The third-order valence-corrected chi connectivity index (χ3v) is 4.99.